The van der Waals surface area contributed by atoms with E-state index in [0.717, 1.165) is 0 Å². The molecule has 0 spiro atoms. The third-order valence-electron chi connectivity index (χ3n) is 0. The Morgan fingerprint density at radius 1 is 1.00 bits per heavy atom. The first kappa shape index (κ1) is 31.6. The Morgan fingerprint density at radius 3 is 1.00 bits per heavy atom. The summed E-state index contributed by atoms with van der Waals surface area (Å²) in [5.74, 6) is 0. The summed E-state index contributed by atoms with van der Waals surface area (Å²) in [4.78, 5) is 0. The summed E-state index contributed by atoms with van der Waals surface area (Å²) in [6, 6.07) is 0. The van der Waals surface area contributed by atoms with E-state index in [1.165, 1.54) is 0 Å². The van der Waals surface area contributed by atoms with E-state index in [9.17, 15) is 0 Å². The van der Waals surface area contributed by atoms with Gasteiger partial charge in [0.05, 0.1) is 0 Å². The van der Waals surface area contributed by atoms with Gasteiger partial charge in [-0.15, -0.1) is 0 Å². The molecule has 1 radical (unpaired) electrons. The van der Waals surface area contributed by atoms with Crippen molar-refractivity contribution in [3.05, 3.63) is 0 Å². The van der Waals surface area contributed by atoms with Crippen LogP contribution in [0.4, 0.5) is 0 Å². The van der Waals surface area contributed by atoms with E-state index < -0.39 is 0 Å². The molecule has 0 saturated carbocycles. The van der Waals surface area contributed by atoms with Gasteiger partial charge < -0.3 is 0 Å². The van der Waals surface area contributed by atoms with E-state index in [2.05, 4.69) is 0 Å². The quantitative estimate of drug-likeness (QED) is 0.533. The van der Waals surface area contributed by atoms with Gasteiger partial charge in [0.2, 0.25) is 0 Å². The maximum Gasteiger partial charge on any atom is 0 e. The van der Waals surface area contributed by atoms with Crippen LogP contribution in [0.3, 0.4) is 0 Å². The molecule has 0 heterocycles. The second-order valence-corrected chi connectivity index (χ2v) is 0. The van der Waals surface area contributed by atoms with Gasteiger partial charge in [-0.2, -0.15) is 0 Å². The SMILES string of the molecule is [Mo].[Ni].[Ti].[V]. The minimum absolute atomic E-state index is 0. The summed E-state index contributed by atoms with van der Waals surface area (Å²) in [5.41, 5.74) is 0. The van der Waals surface area contributed by atoms with Crippen molar-refractivity contribution in [2.24, 2.45) is 0 Å². The summed E-state index contributed by atoms with van der Waals surface area (Å²) in [6.07, 6.45) is 0. The number of rotatable bonds is 0. The van der Waals surface area contributed by atoms with Crippen LogP contribution in [-0.2, 0) is 77.8 Å². The van der Waals surface area contributed by atoms with Crippen LogP contribution >= 0.6 is 0 Å². The molecule has 0 aromatic heterocycles. The topological polar surface area (TPSA) is 0 Å². The Balaban J connectivity index is 0. The zero-order chi connectivity index (χ0) is 0. The van der Waals surface area contributed by atoms with Crippen molar-refractivity contribution in [3.63, 3.8) is 0 Å². The molecule has 4 heavy (non-hydrogen) atoms. The molecule has 0 aromatic rings. The van der Waals surface area contributed by atoms with Crippen molar-refractivity contribution in [2.45, 2.75) is 0 Å². The monoisotopic (exact) mass is 255 g/mol. The van der Waals surface area contributed by atoms with Gasteiger partial charge in [-0.1, -0.05) is 0 Å². The molecular weight excluding hydrogens is 253 g/mol. The second kappa shape index (κ2) is 17.9. The Morgan fingerprint density at radius 2 is 1.00 bits per heavy atom. The average Bonchev–Trinajstić information content (AvgIpc) is 0. The molecule has 0 atom stereocenters. The molecule has 0 bridgehead atoms. The summed E-state index contributed by atoms with van der Waals surface area (Å²) in [5, 5.41) is 0. The third kappa shape index (κ3) is 8.82. The maximum absolute atomic E-state index is 0. The Bertz CT molecular complexity index is 8.00. The van der Waals surface area contributed by atoms with E-state index >= 15 is 0 Å². The summed E-state index contributed by atoms with van der Waals surface area (Å²) >= 11 is 0. The van der Waals surface area contributed by atoms with Crippen molar-refractivity contribution >= 4 is 0 Å². The van der Waals surface area contributed by atoms with Crippen molar-refractivity contribution in [2.75, 3.05) is 0 Å². The van der Waals surface area contributed by atoms with Gasteiger partial charge in [-0.05, 0) is 0 Å². The molecule has 0 unspecified atom stereocenters. The van der Waals surface area contributed by atoms with Crippen molar-refractivity contribution in [1.82, 2.24) is 0 Å². The van der Waals surface area contributed by atoms with Crippen LogP contribution in [0.15, 0.2) is 0 Å². The molecule has 0 aliphatic carbocycles. The predicted octanol–water partition coefficient (Wildman–Crippen LogP) is -0.0100. The van der Waals surface area contributed by atoms with Crippen LogP contribution in [-0.4, -0.2) is 0 Å². The van der Waals surface area contributed by atoms with Gasteiger partial charge >= 0.3 is 0 Å². The van der Waals surface area contributed by atoms with Crippen LogP contribution in [0.5, 0.6) is 0 Å². The zero-order valence-corrected chi connectivity index (χ0v) is 7.62. The Kier molecular flexibility index (Phi) is 141. The van der Waals surface area contributed by atoms with E-state index in [4.69, 9.17) is 0 Å². The molecular formula is MoNiTiV. The minimum Gasteiger partial charge on any atom is 0 e. The van der Waals surface area contributed by atoms with Gasteiger partial charge in [-0.3, -0.25) is 0 Å². The van der Waals surface area contributed by atoms with Gasteiger partial charge in [0.25, 0.3) is 0 Å². The van der Waals surface area contributed by atoms with Crippen LogP contribution in [0.25, 0.3) is 0 Å². The maximum atomic E-state index is 0. The summed E-state index contributed by atoms with van der Waals surface area (Å²) in [6.45, 7) is 0. The molecule has 0 aromatic carbocycles. The Hall–Kier alpha value is 2.48. The second-order valence-electron chi connectivity index (χ2n) is 0. The molecule has 0 aliphatic heterocycles. The van der Waals surface area contributed by atoms with Crippen LogP contribution < -0.4 is 0 Å². The first-order valence-corrected chi connectivity index (χ1v) is 0. The van der Waals surface area contributed by atoms with Gasteiger partial charge in [-0.25, -0.2) is 0 Å². The molecule has 0 nitrogen and oxygen atoms in total. The standard InChI is InChI=1S/Mo.Ni.Ti.V. The summed E-state index contributed by atoms with van der Waals surface area (Å²) in [7, 11) is 0. The molecule has 25 valence electrons. The normalized spacial score (nSPS) is 0. The van der Waals surface area contributed by atoms with Gasteiger partial charge in [0.15, 0.2) is 0 Å². The largest absolute Gasteiger partial charge is 0 e. The van der Waals surface area contributed by atoms with Crippen LogP contribution in [0, 0.1) is 0 Å². The predicted molar refractivity (Wildman–Crippen MR) is 0 cm³/mol. The van der Waals surface area contributed by atoms with E-state index in [0.29, 0.717) is 0 Å². The molecule has 0 amide bonds. The van der Waals surface area contributed by atoms with Crippen LogP contribution in [0.2, 0.25) is 0 Å². The third-order valence-corrected chi connectivity index (χ3v) is 0. The first-order valence-electron chi connectivity index (χ1n) is 0. The zero-order valence-electron chi connectivity index (χ0n) is 1.67. The molecule has 0 saturated heterocycles. The number of hydrogen-bond acceptors (Lipinski definition) is 0. The summed E-state index contributed by atoms with van der Waals surface area (Å²) < 4.78 is 0. The van der Waals surface area contributed by atoms with Gasteiger partial charge in [0, 0.05) is 77.8 Å². The molecule has 0 fully saturated rings. The molecule has 4 heteroatoms. The van der Waals surface area contributed by atoms with Crippen LogP contribution in [0.1, 0.15) is 0 Å². The smallest absolute Gasteiger partial charge is 0 e. The van der Waals surface area contributed by atoms with Crippen molar-refractivity contribution < 1.29 is 77.8 Å². The van der Waals surface area contributed by atoms with Crippen molar-refractivity contribution in [3.8, 4) is 0 Å². The fraction of sp³-hybridized carbons (Fsp3) is 0. The average molecular weight is 253 g/mol. The van der Waals surface area contributed by atoms with E-state index in [1.54, 1.807) is 0 Å². The fourth-order valence-corrected chi connectivity index (χ4v) is 0. The Labute approximate surface area is 76.8 Å². The molecule has 0 rings (SSSR count). The number of hydrogen-bond donors (Lipinski definition) is 0. The fourth-order valence-electron chi connectivity index (χ4n) is 0. The first-order chi connectivity index (χ1) is 0. The van der Waals surface area contributed by atoms with E-state index in [-0.39, 0.29) is 77.8 Å². The molecule has 0 aliphatic rings. The van der Waals surface area contributed by atoms with Crippen molar-refractivity contribution in [1.29, 1.82) is 0 Å². The van der Waals surface area contributed by atoms with Gasteiger partial charge in [0.1, 0.15) is 0 Å². The van der Waals surface area contributed by atoms with E-state index in [1.807, 2.05) is 0 Å². The molecule has 0 N–H and O–H groups in total. The minimum atomic E-state index is 0.